The molecule has 3 heterocycles. The van der Waals surface area contributed by atoms with Crippen LogP contribution in [0.3, 0.4) is 0 Å². The zero-order valence-electron chi connectivity index (χ0n) is 16.4. The van der Waals surface area contributed by atoms with Gasteiger partial charge in [-0.3, -0.25) is 9.47 Å². The van der Waals surface area contributed by atoms with Crippen molar-refractivity contribution in [3.05, 3.63) is 41.1 Å². The van der Waals surface area contributed by atoms with Crippen molar-refractivity contribution in [1.29, 1.82) is 0 Å². The van der Waals surface area contributed by atoms with Gasteiger partial charge in [-0.1, -0.05) is 43.6 Å². The fourth-order valence-corrected chi connectivity index (χ4v) is 3.41. The van der Waals surface area contributed by atoms with Crippen LogP contribution in [0.1, 0.15) is 32.4 Å². The number of hydrogen-bond acceptors (Lipinski definition) is 5. The van der Waals surface area contributed by atoms with E-state index in [1.807, 2.05) is 37.5 Å². The van der Waals surface area contributed by atoms with Gasteiger partial charge in [0, 0.05) is 19.5 Å². The molecule has 0 saturated carbocycles. The summed E-state index contributed by atoms with van der Waals surface area (Å²) in [6.45, 7) is 6.30. The van der Waals surface area contributed by atoms with E-state index in [4.69, 9.17) is 16.1 Å². The summed E-state index contributed by atoms with van der Waals surface area (Å²) in [5.74, 6) is 0.936. The quantitative estimate of drug-likeness (QED) is 0.619. The number of benzene rings is 1. The van der Waals surface area contributed by atoms with Crippen LogP contribution < -0.4 is 4.90 Å². The smallest absolute Gasteiger partial charge is 0.324 e. The van der Waals surface area contributed by atoms with E-state index in [0.717, 1.165) is 11.4 Å². The summed E-state index contributed by atoms with van der Waals surface area (Å²) in [6, 6.07) is 5.35. The van der Waals surface area contributed by atoms with E-state index in [1.165, 1.54) is 4.90 Å². The highest BCUT2D eigenvalue weighted by Gasteiger charge is 2.33. The van der Waals surface area contributed by atoms with Crippen LogP contribution in [0.25, 0.3) is 17.2 Å². The number of nitrogens with zero attached hydrogens (tertiary/aromatic N) is 6. The number of imidazole rings is 1. The minimum absolute atomic E-state index is 0.170. The molecule has 0 bridgehead atoms. The third-order valence-corrected chi connectivity index (χ3v) is 4.87. The largest absolute Gasteiger partial charge is 0.338 e. The van der Waals surface area contributed by atoms with Gasteiger partial charge in [0.2, 0.25) is 11.7 Å². The molecule has 3 aromatic rings. The molecular weight excluding hydrogens is 380 g/mol. The number of carbonyl (C=O) groups excluding carboxylic acids is 1. The number of amides is 2. The van der Waals surface area contributed by atoms with E-state index in [-0.39, 0.29) is 11.4 Å². The van der Waals surface area contributed by atoms with Gasteiger partial charge in [-0.25, -0.2) is 9.78 Å². The van der Waals surface area contributed by atoms with Crippen LogP contribution in [0, 0.1) is 0 Å². The number of carbonyl (C=O) groups is 1. The lowest BCUT2D eigenvalue weighted by Crippen LogP contribution is -2.41. The van der Waals surface area contributed by atoms with E-state index in [1.54, 1.807) is 31.4 Å². The van der Waals surface area contributed by atoms with Gasteiger partial charge in [0.05, 0.1) is 28.6 Å². The van der Waals surface area contributed by atoms with Crippen molar-refractivity contribution in [3.63, 3.8) is 0 Å². The fourth-order valence-electron chi connectivity index (χ4n) is 3.14. The van der Waals surface area contributed by atoms with Crippen molar-refractivity contribution in [1.82, 2.24) is 24.6 Å². The van der Waals surface area contributed by atoms with Crippen molar-refractivity contribution in [3.8, 4) is 17.2 Å². The maximum absolute atomic E-state index is 12.8. The van der Waals surface area contributed by atoms with Crippen LogP contribution in [-0.2, 0) is 12.0 Å². The lowest BCUT2D eigenvalue weighted by Gasteiger charge is -2.33. The standard InChI is InChI=1S/C19H21ClN6O2/c1-19(2,3)17-22-16(23-28-17)14-13-9-25(18(27)24(4)5)15-11(20)7-6-8-12(15)26(13)10-21-14/h6-8,10H,9H2,1-5H3. The van der Waals surface area contributed by atoms with Crippen molar-refractivity contribution < 1.29 is 9.32 Å². The molecule has 0 saturated heterocycles. The molecule has 0 unspecified atom stereocenters. The highest BCUT2D eigenvalue weighted by Crippen LogP contribution is 2.40. The highest BCUT2D eigenvalue weighted by molar-refractivity contribution is 6.34. The Labute approximate surface area is 167 Å². The Morgan fingerprint density at radius 3 is 2.68 bits per heavy atom. The number of halogens is 1. The molecule has 2 amide bonds. The summed E-state index contributed by atoms with van der Waals surface area (Å²) >= 11 is 6.44. The molecule has 1 aliphatic rings. The first-order chi connectivity index (χ1) is 13.2. The number of aromatic nitrogens is 4. The normalized spacial score (nSPS) is 13.3. The van der Waals surface area contributed by atoms with E-state index >= 15 is 0 Å². The molecule has 0 atom stereocenters. The molecular formula is C19H21ClN6O2. The Kier molecular flexibility index (Phi) is 4.19. The Morgan fingerprint density at radius 2 is 2.04 bits per heavy atom. The zero-order chi connectivity index (χ0) is 20.2. The van der Waals surface area contributed by atoms with Gasteiger partial charge in [-0.05, 0) is 12.1 Å². The zero-order valence-corrected chi connectivity index (χ0v) is 17.2. The average molecular weight is 401 g/mol. The van der Waals surface area contributed by atoms with Gasteiger partial charge in [0.15, 0.2) is 0 Å². The molecule has 28 heavy (non-hydrogen) atoms. The second-order valence-electron chi connectivity index (χ2n) is 7.95. The molecule has 1 aliphatic heterocycles. The van der Waals surface area contributed by atoms with E-state index in [9.17, 15) is 4.79 Å². The number of fused-ring (bicyclic) bond motifs is 3. The van der Waals surface area contributed by atoms with Crippen molar-refractivity contribution >= 4 is 23.3 Å². The van der Waals surface area contributed by atoms with Crippen LogP contribution in [0.2, 0.25) is 5.02 Å². The van der Waals surface area contributed by atoms with Crippen molar-refractivity contribution in [2.45, 2.75) is 32.7 Å². The summed E-state index contributed by atoms with van der Waals surface area (Å²) in [7, 11) is 3.42. The van der Waals surface area contributed by atoms with Crippen LogP contribution in [0.4, 0.5) is 10.5 Å². The molecule has 9 heteroatoms. The molecule has 0 spiro atoms. The first-order valence-corrected chi connectivity index (χ1v) is 9.24. The van der Waals surface area contributed by atoms with Crippen molar-refractivity contribution in [2.24, 2.45) is 0 Å². The molecule has 146 valence electrons. The lowest BCUT2D eigenvalue weighted by molar-refractivity contribution is 0.223. The SMILES string of the molecule is CN(C)C(=O)N1Cc2c(-c3noc(C(C)(C)C)n3)ncn2-c2cccc(Cl)c21. The van der Waals surface area contributed by atoms with E-state index < -0.39 is 0 Å². The minimum Gasteiger partial charge on any atom is -0.338 e. The van der Waals surface area contributed by atoms with Gasteiger partial charge in [0.25, 0.3) is 0 Å². The third-order valence-electron chi connectivity index (χ3n) is 4.56. The minimum atomic E-state index is -0.266. The molecule has 0 fully saturated rings. The summed E-state index contributed by atoms with van der Waals surface area (Å²) in [5, 5.41) is 4.61. The van der Waals surface area contributed by atoms with E-state index in [0.29, 0.717) is 34.7 Å². The second kappa shape index (κ2) is 6.34. The van der Waals surface area contributed by atoms with Crippen LogP contribution in [0.15, 0.2) is 29.0 Å². The number of rotatable bonds is 1. The third kappa shape index (κ3) is 2.84. The maximum Gasteiger partial charge on any atom is 0.324 e. The Bertz CT molecular complexity index is 1060. The average Bonchev–Trinajstić information content (AvgIpc) is 3.26. The molecule has 0 radical (unpaired) electrons. The molecule has 0 N–H and O–H groups in total. The molecule has 0 aliphatic carbocycles. The van der Waals surface area contributed by atoms with Gasteiger partial charge >= 0.3 is 6.03 Å². The highest BCUT2D eigenvalue weighted by atomic mass is 35.5. The Balaban J connectivity index is 1.87. The Morgan fingerprint density at radius 1 is 1.29 bits per heavy atom. The summed E-state index contributed by atoms with van der Waals surface area (Å²) in [5.41, 5.74) is 2.55. The number of urea groups is 1. The maximum atomic E-state index is 12.8. The lowest BCUT2D eigenvalue weighted by atomic mass is 9.97. The van der Waals surface area contributed by atoms with E-state index in [2.05, 4.69) is 15.1 Å². The fraction of sp³-hybridized carbons (Fsp3) is 0.368. The van der Waals surface area contributed by atoms with Gasteiger partial charge in [-0.15, -0.1) is 0 Å². The predicted octanol–water partition coefficient (Wildman–Crippen LogP) is 3.87. The first-order valence-electron chi connectivity index (χ1n) is 8.87. The molecule has 2 aromatic heterocycles. The molecule has 1 aromatic carbocycles. The summed E-state index contributed by atoms with van der Waals surface area (Å²) < 4.78 is 7.34. The number of anilines is 1. The monoisotopic (exact) mass is 400 g/mol. The van der Waals surface area contributed by atoms with Crippen LogP contribution in [-0.4, -0.2) is 44.7 Å². The number of para-hydroxylation sites is 1. The van der Waals surface area contributed by atoms with Crippen LogP contribution in [0.5, 0.6) is 0 Å². The first kappa shape index (κ1) is 18.5. The molecule has 4 rings (SSSR count). The topological polar surface area (TPSA) is 80.3 Å². The summed E-state index contributed by atoms with van der Waals surface area (Å²) in [6.07, 6.45) is 1.70. The predicted molar refractivity (Wildman–Crippen MR) is 106 cm³/mol. The van der Waals surface area contributed by atoms with Gasteiger partial charge < -0.3 is 9.42 Å². The van der Waals surface area contributed by atoms with Gasteiger partial charge in [-0.2, -0.15) is 4.98 Å². The van der Waals surface area contributed by atoms with Crippen molar-refractivity contribution in [2.75, 3.05) is 19.0 Å². The Hall–Kier alpha value is -2.87. The molecule has 8 nitrogen and oxygen atoms in total. The second-order valence-corrected chi connectivity index (χ2v) is 8.36. The number of hydrogen-bond donors (Lipinski definition) is 0. The summed E-state index contributed by atoms with van der Waals surface area (Å²) in [4.78, 5) is 25.0. The van der Waals surface area contributed by atoms with Crippen LogP contribution >= 0.6 is 11.6 Å². The van der Waals surface area contributed by atoms with Gasteiger partial charge in [0.1, 0.15) is 12.0 Å².